The molecule has 0 aliphatic heterocycles. The van der Waals surface area contributed by atoms with Crippen LogP contribution in [0.3, 0.4) is 0 Å². The highest BCUT2D eigenvalue weighted by Crippen LogP contribution is 2.38. The minimum Gasteiger partial charge on any atom is -0.437 e. The van der Waals surface area contributed by atoms with Crippen molar-refractivity contribution in [1.29, 1.82) is 5.26 Å². The lowest BCUT2D eigenvalue weighted by Crippen LogP contribution is -2.15. The van der Waals surface area contributed by atoms with Crippen LogP contribution < -0.4 is 10.1 Å². The molecule has 4 aromatic heterocycles. The van der Waals surface area contributed by atoms with Gasteiger partial charge in [-0.25, -0.2) is 15.0 Å². The van der Waals surface area contributed by atoms with E-state index in [1.807, 2.05) is 6.07 Å². The molecular weight excluding hydrogens is 459 g/mol. The molecule has 8 nitrogen and oxygen atoms in total. The number of aryl methyl sites for hydroxylation is 2. The first-order valence-corrected chi connectivity index (χ1v) is 9.90. The van der Waals surface area contributed by atoms with Crippen LogP contribution in [0.25, 0.3) is 11.2 Å². The third-order valence-corrected chi connectivity index (χ3v) is 5.17. The molecule has 1 N–H and O–H groups in total. The molecule has 0 spiro atoms. The Labute approximate surface area is 190 Å². The summed E-state index contributed by atoms with van der Waals surface area (Å²) in [5.74, 6) is 0.916. The van der Waals surface area contributed by atoms with E-state index in [9.17, 15) is 13.2 Å². The maximum absolute atomic E-state index is 12.8. The first-order chi connectivity index (χ1) is 15.7. The number of ether oxygens (including phenoxy) is 1. The highest BCUT2D eigenvalue weighted by atomic mass is 35.5. The first-order valence-electron chi connectivity index (χ1n) is 9.46. The lowest BCUT2D eigenvalue weighted by atomic mass is 10.2. The van der Waals surface area contributed by atoms with Gasteiger partial charge in [-0.1, -0.05) is 6.07 Å². The molecular formula is C21H15ClF3N7O. The van der Waals surface area contributed by atoms with Gasteiger partial charge in [0.2, 0.25) is 5.88 Å². The fourth-order valence-electron chi connectivity index (χ4n) is 3.00. The monoisotopic (exact) mass is 473 g/mol. The number of nitriles is 1. The number of hydrogen-bond acceptors (Lipinski definition) is 7. The van der Waals surface area contributed by atoms with Gasteiger partial charge in [0.15, 0.2) is 16.8 Å². The molecule has 0 aliphatic carbocycles. The second-order valence-corrected chi connectivity index (χ2v) is 7.53. The number of aromatic nitrogens is 5. The van der Waals surface area contributed by atoms with Gasteiger partial charge >= 0.3 is 6.18 Å². The highest BCUT2D eigenvalue weighted by Gasteiger charge is 2.39. The maximum atomic E-state index is 12.8. The van der Waals surface area contributed by atoms with Crippen LogP contribution in [-0.2, 0) is 7.05 Å². The summed E-state index contributed by atoms with van der Waals surface area (Å²) in [4.78, 5) is 16.8. The Balaban J connectivity index is 1.66. The third kappa shape index (κ3) is 4.65. The molecule has 1 unspecified atom stereocenters. The molecule has 1 atom stereocenters. The number of nitrogens with zero attached hydrogens (tertiary/aromatic N) is 6. The number of alkyl halides is 4. The normalized spacial score (nSPS) is 12.4. The van der Waals surface area contributed by atoms with Gasteiger partial charge in [-0.15, -0.1) is 11.6 Å². The van der Waals surface area contributed by atoms with Crippen molar-refractivity contribution in [2.24, 2.45) is 7.05 Å². The topological polar surface area (TPSA) is 102 Å². The Morgan fingerprint density at radius 2 is 1.97 bits per heavy atom. The lowest BCUT2D eigenvalue weighted by molar-refractivity contribution is -0.131. The zero-order chi connectivity index (χ0) is 23.8. The second-order valence-electron chi connectivity index (χ2n) is 7.09. The third-order valence-electron chi connectivity index (χ3n) is 4.67. The Morgan fingerprint density at radius 1 is 1.18 bits per heavy atom. The second kappa shape index (κ2) is 8.55. The molecule has 0 saturated carbocycles. The van der Waals surface area contributed by atoms with E-state index in [1.165, 1.54) is 18.3 Å². The van der Waals surface area contributed by atoms with E-state index >= 15 is 0 Å². The van der Waals surface area contributed by atoms with E-state index in [1.54, 1.807) is 37.0 Å². The molecule has 0 aliphatic rings. The van der Waals surface area contributed by atoms with Crippen molar-refractivity contribution in [1.82, 2.24) is 24.5 Å². The number of anilines is 2. The van der Waals surface area contributed by atoms with E-state index in [4.69, 9.17) is 21.6 Å². The number of fused-ring (bicyclic) bond motifs is 1. The van der Waals surface area contributed by atoms with Crippen molar-refractivity contribution >= 4 is 34.3 Å². The molecule has 0 aromatic carbocycles. The van der Waals surface area contributed by atoms with Gasteiger partial charge in [0.05, 0.1) is 18.2 Å². The van der Waals surface area contributed by atoms with Crippen LogP contribution in [0, 0.1) is 18.3 Å². The molecule has 0 radical (unpaired) electrons. The number of halogens is 4. The fourth-order valence-corrected chi connectivity index (χ4v) is 3.13. The molecule has 168 valence electrons. The summed E-state index contributed by atoms with van der Waals surface area (Å²) in [5, 5.41) is 9.87. The van der Waals surface area contributed by atoms with Crippen LogP contribution in [0.4, 0.5) is 24.7 Å². The van der Waals surface area contributed by atoms with Crippen LogP contribution in [0.5, 0.6) is 11.6 Å². The predicted octanol–water partition coefficient (Wildman–Crippen LogP) is 5.32. The maximum Gasteiger partial charge on any atom is 0.408 e. The van der Waals surface area contributed by atoms with Crippen molar-refractivity contribution in [3.05, 3.63) is 59.8 Å². The van der Waals surface area contributed by atoms with E-state index in [-0.39, 0.29) is 23.0 Å². The Hall–Kier alpha value is -3.91. The largest absolute Gasteiger partial charge is 0.437 e. The summed E-state index contributed by atoms with van der Waals surface area (Å²) in [6.07, 6.45) is -0.514. The van der Waals surface area contributed by atoms with Gasteiger partial charge < -0.3 is 14.6 Å². The van der Waals surface area contributed by atoms with Crippen molar-refractivity contribution in [2.45, 2.75) is 18.5 Å². The summed E-state index contributed by atoms with van der Waals surface area (Å²) in [5.41, 5.74) is 2.28. The summed E-state index contributed by atoms with van der Waals surface area (Å²) in [6.45, 7) is 1.77. The van der Waals surface area contributed by atoms with Crippen LogP contribution in [-0.4, -0.2) is 30.7 Å². The fraction of sp³-hybridized carbons (Fsp3) is 0.190. The van der Waals surface area contributed by atoms with E-state index in [0.29, 0.717) is 28.2 Å². The average Bonchev–Trinajstić information content (AvgIpc) is 3.15. The van der Waals surface area contributed by atoms with Crippen molar-refractivity contribution in [2.75, 3.05) is 5.32 Å². The van der Waals surface area contributed by atoms with Crippen molar-refractivity contribution in [3.63, 3.8) is 0 Å². The number of nitrogens with one attached hydrogen (secondary N) is 1. The number of hydrogen-bond donors (Lipinski definition) is 1. The summed E-state index contributed by atoms with van der Waals surface area (Å²) >= 11 is 5.46. The Bertz CT molecular complexity index is 1360. The van der Waals surface area contributed by atoms with E-state index in [2.05, 4.69) is 25.3 Å². The van der Waals surface area contributed by atoms with E-state index < -0.39 is 11.6 Å². The molecule has 12 heteroatoms. The van der Waals surface area contributed by atoms with Gasteiger partial charge in [-0.05, 0) is 30.2 Å². The quantitative estimate of drug-likeness (QED) is 0.391. The van der Waals surface area contributed by atoms with Gasteiger partial charge in [0.1, 0.15) is 23.1 Å². The SMILES string of the molecule is Cc1cc(C#N)ncc1Oc1cc(Nc2ccc(C(Cl)C(F)(F)F)cn2)c2ncn(C)c2n1. The summed E-state index contributed by atoms with van der Waals surface area (Å²) in [6, 6.07) is 7.78. The molecule has 4 aromatic rings. The Morgan fingerprint density at radius 3 is 2.61 bits per heavy atom. The number of pyridine rings is 3. The number of imidazole rings is 1. The minimum absolute atomic E-state index is 0.166. The lowest BCUT2D eigenvalue weighted by Gasteiger charge is -2.14. The standard InChI is InChI=1S/C21H15ClF3N7O/c1-11-5-13(7-26)27-9-15(11)33-17-6-14(18-20(31-17)32(2)10-29-18)30-16-4-3-12(8-28-16)19(22)21(23,24)25/h3-6,8-10,19H,1-2H3,(H,28,30,31). The van der Waals surface area contributed by atoms with Crippen LogP contribution in [0.1, 0.15) is 22.2 Å². The summed E-state index contributed by atoms with van der Waals surface area (Å²) < 4.78 is 46.0. The van der Waals surface area contributed by atoms with Gasteiger partial charge in [-0.3, -0.25) is 0 Å². The number of rotatable bonds is 5. The zero-order valence-electron chi connectivity index (χ0n) is 17.2. The predicted molar refractivity (Wildman–Crippen MR) is 114 cm³/mol. The Kier molecular flexibility index (Phi) is 5.78. The van der Waals surface area contributed by atoms with Crippen LogP contribution >= 0.6 is 11.6 Å². The molecule has 0 bridgehead atoms. The van der Waals surface area contributed by atoms with Crippen molar-refractivity contribution in [3.8, 4) is 17.7 Å². The first kappa shape index (κ1) is 22.3. The van der Waals surface area contributed by atoms with Gasteiger partial charge in [0.25, 0.3) is 0 Å². The zero-order valence-corrected chi connectivity index (χ0v) is 18.0. The smallest absolute Gasteiger partial charge is 0.408 e. The molecule has 4 heterocycles. The average molecular weight is 474 g/mol. The molecule has 0 saturated heterocycles. The minimum atomic E-state index is -4.58. The van der Waals surface area contributed by atoms with Crippen LogP contribution in [0.15, 0.2) is 43.0 Å². The highest BCUT2D eigenvalue weighted by molar-refractivity contribution is 6.21. The summed E-state index contributed by atoms with van der Waals surface area (Å²) in [7, 11) is 1.76. The molecule has 0 fully saturated rings. The van der Waals surface area contributed by atoms with E-state index in [0.717, 1.165) is 6.20 Å². The van der Waals surface area contributed by atoms with Gasteiger partial charge in [-0.2, -0.15) is 23.4 Å². The molecule has 33 heavy (non-hydrogen) atoms. The van der Waals surface area contributed by atoms with Gasteiger partial charge in [0, 0.05) is 19.3 Å². The van der Waals surface area contributed by atoms with Crippen LogP contribution in [0.2, 0.25) is 0 Å². The molecule has 0 amide bonds. The van der Waals surface area contributed by atoms with Crippen molar-refractivity contribution < 1.29 is 17.9 Å². The molecule has 4 rings (SSSR count).